The second-order valence-electron chi connectivity index (χ2n) is 6.10. The van der Waals surface area contributed by atoms with E-state index >= 15 is 0 Å². The number of nitrogens with zero attached hydrogens (tertiary/aromatic N) is 3. The Hall–Kier alpha value is -0.940. The molecule has 5 heteroatoms. The van der Waals surface area contributed by atoms with E-state index in [2.05, 4.69) is 22.0 Å². The molecule has 5 nitrogen and oxygen atoms in total. The van der Waals surface area contributed by atoms with Crippen LogP contribution in [0.15, 0.2) is 4.52 Å². The lowest BCUT2D eigenvalue weighted by molar-refractivity contribution is 0.0382. The van der Waals surface area contributed by atoms with Gasteiger partial charge in [-0.3, -0.25) is 4.90 Å². The van der Waals surface area contributed by atoms with Crippen molar-refractivity contribution in [2.75, 3.05) is 19.7 Å². The van der Waals surface area contributed by atoms with E-state index in [9.17, 15) is 5.11 Å². The van der Waals surface area contributed by atoms with Gasteiger partial charge in [-0.25, -0.2) is 0 Å². The van der Waals surface area contributed by atoms with Gasteiger partial charge in [0.1, 0.15) is 0 Å². The topological polar surface area (TPSA) is 62.4 Å². The fourth-order valence-electron chi connectivity index (χ4n) is 2.72. The lowest BCUT2D eigenvalue weighted by Gasteiger charge is -2.38. The van der Waals surface area contributed by atoms with Crippen LogP contribution in [-0.2, 0) is 6.54 Å². The van der Waals surface area contributed by atoms with Gasteiger partial charge in [0.15, 0.2) is 5.82 Å². The summed E-state index contributed by atoms with van der Waals surface area (Å²) in [6, 6.07) is 0. The molecule has 18 heavy (non-hydrogen) atoms. The van der Waals surface area contributed by atoms with E-state index in [0.29, 0.717) is 5.92 Å². The zero-order valence-corrected chi connectivity index (χ0v) is 10.9. The fraction of sp³-hybridized carbons (Fsp3) is 0.846. The first kappa shape index (κ1) is 12.1. The molecule has 1 aromatic rings. The summed E-state index contributed by atoms with van der Waals surface area (Å²) >= 11 is 0. The quantitative estimate of drug-likeness (QED) is 0.879. The summed E-state index contributed by atoms with van der Waals surface area (Å²) < 4.78 is 5.31. The van der Waals surface area contributed by atoms with Crippen molar-refractivity contribution in [3.8, 4) is 0 Å². The first-order chi connectivity index (χ1) is 8.68. The maximum atomic E-state index is 9.44. The van der Waals surface area contributed by atoms with Crippen molar-refractivity contribution in [1.82, 2.24) is 15.0 Å². The molecule has 2 fully saturated rings. The van der Waals surface area contributed by atoms with Crippen molar-refractivity contribution in [3.05, 3.63) is 11.7 Å². The summed E-state index contributed by atoms with van der Waals surface area (Å²) in [5, 5.41) is 13.5. The standard InChI is InChI=1S/C13H21N3O2/c1-13(9-17)5-2-6-16(8-13)7-11-14-12(15-18-11)10-3-4-10/h10,17H,2-9H2,1H3. The molecule has 1 unspecified atom stereocenters. The highest BCUT2D eigenvalue weighted by Gasteiger charge is 2.32. The Bertz CT molecular complexity index is 416. The summed E-state index contributed by atoms with van der Waals surface area (Å²) in [4.78, 5) is 6.77. The van der Waals surface area contributed by atoms with Gasteiger partial charge < -0.3 is 9.63 Å². The molecule has 1 aromatic heterocycles. The average molecular weight is 251 g/mol. The van der Waals surface area contributed by atoms with E-state index < -0.39 is 0 Å². The monoisotopic (exact) mass is 251 g/mol. The maximum Gasteiger partial charge on any atom is 0.240 e. The second kappa shape index (κ2) is 4.63. The largest absolute Gasteiger partial charge is 0.396 e. The van der Waals surface area contributed by atoms with E-state index in [1.165, 1.54) is 12.8 Å². The number of likely N-dealkylation sites (tertiary alicyclic amines) is 1. The third kappa shape index (κ3) is 2.57. The molecule has 1 aliphatic carbocycles. The van der Waals surface area contributed by atoms with Gasteiger partial charge in [-0.1, -0.05) is 12.1 Å². The van der Waals surface area contributed by atoms with Crippen LogP contribution in [0.1, 0.15) is 50.2 Å². The molecule has 0 aromatic carbocycles. The molecular formula is C13H21N3O2. The molecule has 3 rings (SSSR count). The minimum atomic E-state index is 0.0254. The second-order valence-corrected chi connectivity index (χ2v) is 6.10. The number of aliphatic hydroxyl groups excluding tert-OH is 1. The van der Waals surface area contributed by atoms with E-state index in [0.717, 1.165) is 44.2 Å². The minimum absolute atomic E-state index is 0.0254. The molecular weight excluding hydrogens is 230 g/mol. The molecule has 0 radical (unpaired) electrons. The Labute approximate surface area is 107 Å². The number of rotatable bonds is 4. The van der Waals surface area contributed by atoms with E-state index in [-0.39, 0.29) is 12.0 Å². The molecule has 1 saturated carbocycles. The number of piperidine rings is 1. The summed E-state index contributed by atoms with van der Waals surface area (Å²) in [5.74, 6) is 2.15. The van der Waals surface area contributed by atoms with Gasteiger partial charge >= 0.3 is 0 Å². The van der Waals surface area contributed by atoms with Crippen molar-refractivity contribution >= 4 is 0 Å². The van der Waals surface area contributed by atoms with Crippen LogP contribution in [0, 0.1) is 5.41 Å². The van der Waals surface area contributed by atoms with Gasteiger partial charge in [0.25, 0.3) is 0 Å². The van der Waals surface area contributed by atoms with Crippen LogP contribution in [0.5, 0.6) is 0 Å². The van der Waals surface area contributed by atoms with Crippen LogP contribution in [0.25, 0.3) is 0 Å². The molecule has 1 atom stereocenters. The van der Waals surface area contributed by atoms with Gasteiger partial charge in [-0.05, 0) is 32.2 Å². The highest BCUT2D eigenvalue weighted by molar-refractivity contribution is 5.03. The Morgan fingerprint density at radius 2 is 2.33 bits per heavy atom. The van der Waals surface area contributed by atoms with Gasteiger partial charge in [0.2, 0.25) is 5.89 Å². The summed E-state index contributed by atoms with van der Waals surface area (Å²) in [6.07, 6.45) is 4.62. The van der Waals surface area contributed by atoms with Crippen LogP contribution >= 0.6 is 0 Å². The lowest BCUT2D eigenvalue weighted by Crippen LogP contribution is -2.43. The Morgan fingerprint density at radius 3 is 3.06 bits per heavy atom. The van der Waals surface area contributed by atoms with Crippen molar-refractivity contribution in [2.24, 2.45) is 5.41 Å². The van der Waals surface area contributed by atoms with E-state index in [4.69, 9.17) is 4.52 Å². The predicted molar refractivity (Wildman–Crippen MR) is 66.0 cm³/mol. The summed E-state index contributed by atoms with van der Waals surface area (Å²) in [6.45, 7) is 5.07. The number of aliphatic hydroxyl groups is 1. The summed E-state index contributed by atoms with van der Waals surface area (Å²) in [7, 11) is 0. The Morgan fingerprint density at radius 1 is 1.50 bits per heavy atom. The predicted octanol–water partition coefficient (Wildman–Crippen LogP) is 1.54. The van der Waals surface area contributed by atoms with Crippen molar-refractivity contribution in [1.29, 1.82) is 0 Å². The third-order valence-corrected chi connectivity index (χ3v) is 4.03. The maximum absolute atomic E-state index is 9.44. The third-order valence-electron chi connectivity index (χ3n) is 4.03. The average Bonchev–Trinajstić information content (AvgIpc) is 3.11. The van der Waals surface area contributed by atoms with E-state index in [1.54, 1.807) is 0 Å². The lowest BCUT2D eigenvalue weighted by atomic mass is 9.83. The SMILES string of the molecule is CC1(CO)CCCN(Cc2nc(C3CC3)no2)C1. The van der Waals surface area contributed by atoms with Crippen LogP contribution in [-0.4, -0.2) is 39.8 Å². The van der Waals surface area contributed by atoms with Gasteiger partial charge in [0, 0.05) is 24.5 Å². The van der Waals surface area contributed by atoms with Crippen LogP contribution < -0.4 is 0 Å². The van der Waals surface area contributed by atoms with Crippen molar-refractivity contribution in [2.45, 2.75) is 45.1 Å². The van der Waals surface area contributed by atoms with Gasteiger partial charge in [-0.2, -0.15) is 4.98 Å². The van der Waals surface area contributed by atoms with Crippen molar-refractivity contribution in [3.63, 3.8) is 0 Å². The zero-order valence-electron chi connectivity index (χ0n) is 10.9. The number of hydrogen-bond donors (Lipinski definition) is 1. The first-order valence-corrected chi connectivity index (χ1v) is 6.84. The van der Waals surface area contributed by atoms with Gasteiger partial charge in [0.05, 0.1) is 6.54 Å². The molecule has 1 N–H and O–H groups in total. The number of hydrogen-bond acceptors (Lipinski definition) is 5. The van der Waals surface area contributed by atoms with Crippen LogP contribution in [0.4, 0.5) is 0 Å². The molecule has 2 heterocycles. The highest BCUT2D eigenvalue weighted by atomic mass is 16.5. The molecule has 1 aliphatic heterocycles. The van der Waals surface area contributed by atoms with E-state index in [1.807, 2.05) is 0 Å². The van der Waals surface area contributed by atoms with Crippen molar-refractivity contribution < 1.29 is 9.63 Å². The molecule has 2 aliphatic rings. The van der Waals surface area contributed by atoms with Crippen LogP contribution in [0.3, 0.4) is 0 Å². The molecule has 0 amide bonds. The van der Waals surface area contributed by atoms with Crippen LogP contribution in [0.2, 0.25) is 0 Å². The number of aromatic nitrogens is 2. The van der Waals surface area contributed by atoms with Gasteiger partial charge in [-0.15, -0.1) is 0 Å². The summed E-state index contributed by atoms with van der Waals surface area (Å²) in [5.41, 5.74) is 0.0254. The first-order valence-electron chi connectivity index (χ1n) is 6.84. The Kier molecular flexibility index (Phi) is 3.11. The zero-order chi connectivity index (χ0) is 12.6. The highest BCUT2D eigenvalue weighted by Crippen LogP contribution is 2.38. The molecule has 1 saturated heterocycles. The smallest absolute Gasteiger partial charge is 0.240 e. The minimum Gasteiger partial charge on any atom is -0.396 e. The molecule has 0 spiro atoms. The Balaban J connectivity index is 1.60. The molecule has 100 valence electrons. The normalized spacial score (nSPS) is 29.7. The fourth-order valence-corrected chi connectivity index (χ4v) is 2.72. The molecule has 0 bridgehead atoms.